The van der Waals surface area contributed by atoms with Crippen LogP contribution in [0.4, 0.5) is 9.18 Å². The van der Waals surface area contributed by atoms with Crippen molar-refractivity contribution in [3.05, 3.63) is 46.3 Å². The van der Waals surface area contributed by atoms with E-state index in [1.165, 1.54) is 18.6 Å². The van der Waals surface area contributed by atoms with Crippen molar-refractivity contribution in [2.45, 2.75) is 52.2 Å². The smallest absolute Gasteiger partial charge is 0.319 e. The SMILES string of the molecule is C.CC1C2=C(CN1C(=O)N1C[C@@H]3CCCN3C[C@@H]1C)C(NC(=O)c1ccc(C#N)cc1F)=NC2. The van der Waals surface area contributed by atoms with E-state index in [0.29, 0.717) is 25.0 Å². The lowest BCUT2D eigenvalue weighted by atomic mass is 10.1. The van der Waals surface area contributed by atoms with Crippen molar-refractivity contribution >= 4 is 17.8 Å². The second-order valence-electron chi connectivity index (χ2n) is 9.31. The van der Waals surface area contributed by atoms with Crippen molar-refractivity contribution in [1.29, 1.82) is 5.26 Å². The molecule has 1 N–H and O–H groups in total. The summed E-state index contributed by atoms with van der Waals surface area (Å²) in [5.74, 6) is -0.974. The number of hydrogen-bond acceptors (Lipinski definition) is 5. The number of halogens is 1. The number of piperazine rings is 1. The highest BCUT2D eigenvalue weighted by Crippen LogP contribution is 2.32. The van der Waals surface area contributed by atoms with Crippen molar-refractivity contribution in [1.82, 2.24) is 20.0 Å². The van der Waals surface area contributed by atoms with Crippen LogP contribution in [0.1, 0.15) is 50.0 Å². The van der Waals surface area contributed by atoms with Gasteiger partial charge < -0.3 is 15.1 Å². The molecule has 3 atom stereocenters. The molecule has 1 unspecified atom stereocenters. The Morgan fingerprint density at radius 2 is 2.03 bits per heavy atom. The zero-order chi connectivity index (χ0) is 23.3. The molecule has 0 spiro atoms. The molecule has 0 aromatic heterocycles. The van der Waals surface area contributed by atoms with Crippen LogP contribution in [-0.2, 0) is 0 Å². The average Bonchev–Trinajstić information content (AvgIpc) is 3.49. The van der Waals surface area contributed by atoms with Gasteiger partial charge in [-0.15, -0.1) is 0 Å². The first-order valence-corrected chi connectivity index (χ1v) is 11.5. The number of fused-ring (bicyclic) bond motifs is 1. The number of amidine groups is 1. The minimum absolute atomic E-state index is 0. The van der Waals surface area contributed by atoms with Gasteiger partial charge in [-0.1, -0.05) is 7.43 Å². The Hall–Kier alpha value is -3.25. The first kappa shape index (κ1) is 23.9. The van der Waals surface area contributed by atoms with Gasteiger partial charge >= 0.3 is 6.03 Å². The third-order valence-corrected chi connectivity index (χ3v) is 7.38. The molecular formula is C25H31FN6O2. The second kappa shape index (κ2) is 9.18. The lowest BCUT2D eigenvalue weighted by Gasteiger charge is -2.44. The number of hydrogen-bond donors (Lipinski definition) is 1. The zero-order valence-corrected chi connectivity index (χ0v) is 18.8. The molecule has 4 aliphatic heterocycles. The number of benzene rings is 1. The van der Waals surface area contributed by atoms with E-state index in [9.17, 15) is 14.0 Å². The Morgan fingerprint density at radius 1 is 1.24 bits per heavy atom. The van der Waals surface area contributed by atoms with E-state index >= 15 is 0 Å². The predicted molar refractivity (Wildman–Crippen MR) is 127 cm³/mol. The fourth-order valence-electron chi connectivity index (χ4n) is 5.47. The van der Waals surface area contributed by atoms with E-state index in [0.717, 1.165) is 43.3 Å². The summed E-state index contributed by atoms with van der Waals surface area (Å²) in [5, 5.41) is 11.6. The van der Waals surface area contributed by atoms with Crippen molar-refractivity contribution in [3.8, 4) is 6.07 Å². The van der Waals surface area contributed by atoms with Gasteiger partial charge in [-0.3, -0.25) is 14.7 Å². The summed E-state index contributed by atoms with van der Waals surface area (Å²) < 4.78 is 14.3. The average molecular weight is 467 g/mol. The molecular weight excluding hydrogens is 435 g/mol. The summed E-state index contributed by atoms with van der Waals surface area (Å²) in [6.45, 7) is 7.67. The zero-order valence-electron chi connectivity index (χ0n) is 18.8. The van der Waals surface area contributed by atoms with Gasteiger partial charge in [0.2, 0.25) is 0 Å². The van der Waals surface area contributed by atoms with Gasteiger partial charge in [0.05, 0.1) is 36.3 Å². The fourth-order valence-corrected chi connectivity index (χ4v) is 5.47. The van der Waals surface area contributed by atoms with E-state index < -0.39 is 11.7 Å². The maximum atomic E-state index is 14.3. The first-order valence-electron chi connectivity index (χ1n) is 11.5. The third kappa shape index (κ3) is 3.96. The van der Waals surface area contributed by atoms with E-state index in [2.05, 4.69) is 22.1 Å². The van der Waals surface area contributed by atoms with Crippen LogP contribution in [0.5, 0.6) is 0 Å². The highest BCUT2D eigenvalue weighted by atomic mass is 19.1. The van der Waals surface area contributed by atoms with Crippen LogP contribution in [-0.4, -0.2) is 83.3 Å². The molecule has 0 aliphatic carbocycles. The molecule has 1 aromatic rings. The number of rotatable bonds is 1. The molecule has 2 fully saturated rings. The number of nitriles is 1. The van der Waals surface area contributed by atoms with Crippen LogP contribution >= 0.6 is 0 Å². The molecule has 3 amide bonds. The molecule has 1 aromatic carbocycles. The number of aliphatic imine (C=N–C) groups is 1. The standard InChI is InChI=1S/C24H27FN6O2.CH4/c1-14-11-29-7-3-4-17(29)12-30(14)24(33)31-13-20-19(15(31)2)10-27-22(20)28-23(32)18-6-5-16(9-26)8-21(18)25;/h5-6,8,14-15,17H,3-4,7,10-13H2,1-2H3,(H,27,28,32);1H4/t14-,15?,17-;/m0./s1. The van der Waals surface area contributed by atoms with Gasteiger partial charge in [-0.2, -0.15) is 5.26 Å². The lowest BCUT2D eigenvalue weighted by molar-refractivity contribution is 0.0627. The van der Waals surface area contributed by atoms with Crippen LogP contribution in [0.2, 0.25) is 0 Å². The number of nitrogens with zero attached hydrogens (tertiary/aromatic N) is 5. The van der Waals surface area contributed by atoms with Crippen LogP contribution in [0.15, 0.2) is 34.3 Å². The summed E-state index contributed by atoms with van der Waals surface area (Å²) in [5.41, 5.74) is 1.86. The predicted octanol–water partition coefficient (Wildman–Crippen LogP) is 2.76. The Morgan fingerprint density at radius 3 is 2.76 bits per heavy atom. The molecule has 0 saturated carbocycles. The topological polar surface area (TPSA) is 92.0 Å². The Labute approximate surface area is 199 Å². The Balaban J connectivity index is 0.00000274. The van der Waals surface area contributed by atoms with Crippen molar-refractivity contribution in [2.75, 3.05) is 32.7 Å². The number of nitrogens with one attached hydrogen (secondary N) is 1. The maximum Gasteiger partial charge on any atom is 0.321 e. The highest BCUT2D eigenvalue weighted by molar-refractivity contribution is 6.14. The molecule has 9 heteroatoms. The summed E-state index contributed by atoms with van der Waals surface area (Å²) in [4.78, 5) is 37.0. The van der Waals surface area contributed by atoms with Gasteiger partial charge in [0.25, 0.3) is 5.91 Å². The van der Waals surface area contributed by atoms with Crippen LogP contribution < -0.4 is 5.32 Å². The Kier molecular flexibility index (Phi) is 6.45. The van der Waals surface area contributed by atoms with E-state index in [-0.39, 0.29) is 36.7 Å². The largest absolute Gasteiger partial charge is 0.321 e. The molecule has 2 saturated heterocycles. The minimum Gasteiger partial charge on any atom is -0.319 e. The normalized spacial score (nSPS) is 25.9. The highest BCUT2D eigenvalue weighted by Gasteiger charge is 2.43. The van der Waals surface area contributed by atoms with E-state index in [1.807, 2.05) is 22.8 Å². The third-order valence-electron chi connectivity index (χ3n) is 7.38. The minimum atomic E-state index is -0.754. The van der Waals surface area contributed by atoms with Crippen LogP contribution in [0.25, 0.3) is 0 Å². The van der Waals surface area contributed by atoms with Crippen LogP contribution in [0, 0.1) is 17.1 Å². The van der Waals surface area contributed by atoms with E-state index in [4.69, 9.17) is 5.26 Å². The van der Waals surface area contributed by atoms with Crippen molar-refractivity contribution < 1.29 is 14.0 Å². The summed E-state index contributed by atoms with van der Waals surface area (Å²) >= 11 is 0. The molecule has 180 valence electrons. The quantitative estimate of drug-likeness (QED) is 0.689. The molecule has 34 heavy (non-hydrogen) atoms. The van der Waals surface area contributed by atoms with Crippen molar-refractivity contribution in [2.24, 2.45) is 4.99 Å². The molecule has 4 aliphatic rings. The molecule has 0 bridgehead atoms. The van der Waals surface area contributed by atoms with Gasteiger partial charge in [0.1, 0.15) is 11.7 Å². The first-order chi connectivity index (χ1) is 15.9. The van der Waals surface area contributed by atoms with E-state index in [1.54, 1.807) is 0 Å². The lowest BCUT2D eigenvalue weighted by Crippen LogP contribution is -2.60. The number of carbonyl (C=O) groups is 2. The molecule has 4 heterocycles. The summed E-state index contributed by atoms with van der Waals surface area (Å²) in [7, 11) is 0. The number of urea groups is 1. The molecule has 5 rings (SSSR count). The summed E-state index contributed by atoms with van der Waals surface area (Å²) in [6, 6.07) is 6.12. The Bertz CT molecular complexity index is 1120. The van der Waals surface area contributed by atoms with Gasteiger partial charge in [0, 0.05) is 30.7 Å². The maximum absolute atomic E-state index is 14.3. The van der Waals surface area contributed by atoms with Gasteiger partial charge in [-0.05, 0) is 57.0 Å². The summed E-state index contributed by atoms with van der Waals surface area (Å²) in [6.07, 6.45) is 2.32. The number of carbonyl (C=O) groups excluding carboxylic acids is 2. The second-order valence-corrected chi connectivity index (χ2v) is 9.31. The number of amides is 3. The van der Waals surface area contributed by atoms with Crippen molar-refractivity contribution in [3.63, 3.8) is 0 Å². The fraction of sp³-hybridized carbons (Fsp3) is 0.520. The van der Waals surface area contributed by atoms with Gasteiger partial charge in [-0.25, -0.2) is 9.18 Å². The molecule has 8 nitrogen and oxygen atoms in total. The van der Waals surface area contributed by atoms with Crippen LogP contribution in [0.3, 0.4) is 0 Å². The monoisotopic (exact) mass is 466 g/mol. The van der Waals surface area contributed by atoms with Gasteiger partial charge in [0.15, 0.2) is 0 Å². The molecule has 0 radical (unpaired) electrons.